The fourth-order valence-electron chi connectivity index (χ4n) is 3.27. The van der Waals surface area contributed by atoms with Crippen LogP contribution in [0.5, 0.6) is 0 Å². The predicted molar refractivity (Wildman–Crippen MR) is 102 cm³/mol. The molecule has 23 heavy (non-hydrogen) atoms. The summed E-state index contributed by atoms with van der Waals surface area (Å²) in [4.78, 5) is 0. The highest BCUT2D eigenvalue weighted by atomic mass is 14.6. The van der Waals surface area contributed by atoms with Crippen molar-refractivity contribution in [2.24, 2.45) is 0 Å². The first-order valence-corrected chi connectivity index (χ1v) is 8.72. The summed E-state index contributed by atoms with van der Waals surface area (Å²) in [5.41, 5.74) is 22.0. The predicted octanol–water partition coefficient (Wildman–Crippen LogP) is 4.96. The smallest absolute Gasteiger partial charge is 0.0379 e. The Morgan fingerprint density at radius 1 is 0.696 bits per heavy atom. The topological polar surface area (TPSA) is 52.0 Å². The number of hydrogen-bond donors (Lipinski definition) is 2. The second-order valence-electron chi connectivity index (χ2n) is 6.65. The molecule has 0 aliphatic heterocycles. The molecule has 4 N–H and O–H groups in total. The molecule has 0 unspecified atom stereocenters. The number of nitrogens with two attached hydrogens (primary N) is 2. The van der Waals surface area contributed by atoms with E-state index in [0.29, 0.717) is 0 Å². The van der Waals surface area contributed by atoms with Gasteiger partial charge in [0.1, 0.15) is 0 Å². The lowest BCUT2D eigenvalue weighted by atomic mass is 9.93. The average molecular weight is 310 g/mol. The lowest BCUT2D eigenvalue weighted by Gasteiger charge is -2.15. The number of anilines is 2. The first-order chi connectivity index (χ1) is 11.0. The molecule has 0 atom stereocenters. The van der Waals surface area contributed by atoms with Crippen LogP contribution in [0.3, 0.4) is 0 Å². The summed E-state index contributed by atoms with van der Waals surface area (Å²) >= 11 is 0. The Morgan fingerprint density at radius 2 is 1.09 bits per heavy atom. The van der Waals surface area contributed by atoms with Gasteiger partial charge in [-0.05, 0) is 60.1 Å². The van der Waals surface area contributed by atoms with E-state index in [0.717, 1.165) is 43.5 Å². The maximum absolute atomic E-state index is 6.34. The molecule has 0 aliphatic rings. The first kappa shape index (κ1) is 17.4. The Kier molecular flexibility index (Phi) is 5.70. The van der Waals surface area contributed by atoms with Crippen LogP contribution >= 0.6 is 0 Å². The van der Waals surface area contributed by atoms with E-state index in [-0.39, 0.29) is 0 Å². The van der Waals surface area contributed by atoms with E-state index in [4.69, 9.17) is 11.5 Å². The Morgan fingerprint density at radius 3 is 1.43 bits per heavy atom. The lowest BCUT2D eigenvalue weighted by molar-refractivity contribution is 0.913. The molecular weight excluding hydrogens is 280 g/mol. The standard InChI is InChI=1S/C21H30N2/c1-5-7-16-9-14(3)20(22)18(11-16)13-19-12-17(8-6-2)10-15(4)21(19)23/h9-12H,5-8,13,22-23H2,1-4H3. The van der Waals surface area contributed by atoms with Crippen LogP contribution < -0.4 is 11.5 Å². The highest BCUT2D eigenvalue weighted by Crippen LogP contribution is 2.28. The van der Waals surface area contributed by atoms with Crippen molar-refractivity contribution >= 4 is 11.4 Å². The van der Waals surface area contributed by atoms with E-state index < -0.39 is 0 Å². The van der Waals surface area contributed by atoms with Gasteiger partial charge in [-0.3, -0.25) is 0 Å². The van der Waals surface area contributed by atoms with Gasteiger partial charge in [0.2, 0.25) is 0 Å². The number of nitrogen functional groups attached to an aromatic ring is 2. The molecule has 0 amide bonds. The molecule has 2 nitrogen and oxygen atoms in total. The maximum atomic E-state index is 6.34. The van der Waals surface area contributed by atoms with Crippen molar-refractivity contribution in [3.8, 4) is 0 Å². The minimum Gasteiger partial charge on any atom is -0.398 e. The van der Waals surface area contributed by atoms with Crippen molar-refractivity contribution in [2.75, 3.05) is 11.5 Å². The van der Waals surface area contributed by atoms with Crippen LogP contribution in [0.2, 0.25) is 0 Å². The number of aryl methyl sites for hydroxylation is 4. The van der Waals surface area contributed by atoms with Gasteiger partial charge >= 0.3 is 0 Å². The van der Waals surface area contributed by atoms with Gasteiger partial charge in [0.05, 0.1) is 0 Å². The average Bonchev–Trinajstić information content (AvgIpc) is 2.50. The summed E-state index contributed by atoms with van der Waals surface area (Å²) in [5, 5.41) is 0. The molecule has 0 fully saturated rings. The van der Waals surface area contributed by atoms with Gasteiger partial charge in [-0.25, -0.2) is 0 Å². The first-order valence-electron chi connectivity index (χ1n) is 8.72. The molecule has 0 saturated carbocycles. The van der Waals surface area contributed by atoms with Crippen LogP contribution in [0.1, 0.15) is 60.1 Å². The van der Waals surface area contributed by atoms with Gasteiger partial charge in [0, 0.05) is 17.8 Å². The Balaban J connectivity index is 2.42. The number of hydrogen-bond acceptors (Lipinski definition) is 2. The third-order valence-electron chi connectivity index (χ3n) is 4.52. The van der Waals surface area contributed by atoms with Crippen molar-refractivity contribution in [3.63, 3.8) is 0 Å². The van der Waals surface area contributed by atoms with Crippen molar-refractivity contribution in [2.45, 2.75) is 59.8 Å². The van der Waals surface area contributed by atoms with Crippen molar-refractivity contribution in [1.29, 1.82) is 0 Å². The summed E-state index contributed by atoms with van der Waals surface area (Å²) in [6.45, 7) is 8.61. The molecule has 0 saturated heterocycles. The van der Waals surface area contributed by atoms with Gasteiger partial charge < -0.3 is 11.5 Å². The zero-order valence-electron chi connectivity index (χ0n) is 15.0. The van der Waals surface area contributed by atoms with Crippen LogP contribution in [0.4, 0.5) is 11.4 Å². The minimum absolute atomic E-state index is 0.814. The maximum Gasteiger partial charge on any atom is 0.0379 e. The second-order valence-corrected chi connectivity index (χ2v) is 6.65. The molecule has 2 aromatic rings. The molecule has 0 aliphatic carbocycles. The molecule has 0 radical (unpaired) electrons. The second kappa shape index (κ2) is 7.54. The number of benzene rings is 2. The quantitative estimate of drug-likeness (QED) is 0.741. The normalized spacial score (nSPS) is 11.0. The van der Waals surface area contributed by atoms with Gasteiger partial charge in [-0.15, -0.1) is 0 Å². The molecule has 0 heterocycles. The van der Waals surface area contributed by atoms with E-state index in [1.165, 1.54) is 33.4 Å². The van der Waals surface area contributed by atoms with Crippen LogP contribution in [-0.4, -0.2) is 0 Å². The van der Waals surface area contributed by atoms with Crippen LogP contribution in [-0.2, 0) is 19.3 Å². The van der Waals surface area contributed by atoms with Crippen molar-refractivity contribution in [1.82, 2.24) is 0 Å². The van der Waals surface area contributed by atoms with E-state index in [9.17, 15) is 0 Å². The fraction of sp³-hybridized carbons (Fsp3) is 0.429. The molecular formula is C21H30N2. The van der Waals surface area contributed by atoms with Crippen LogP contribution in [0.25, 0.3) is 0 Å². The molecule has 2 rings (SSSR count). The summed E-state index contributed by atoms with van der Waals surface area (Å²) in [5.74, 6) is 0. The van der Waals surface area contributed by atoms with Crippen molar-refractivity contribution in [3.05, 3.63) is 57.6 Å². The summed E-state index contributed by atoms with van der Waals surface area (Å²) < 4.78 is 0. The minimum atomic E-state index is 0.814. The van der Waals surface area contributed by atoms with E-state index >= 15 is 0 Å². The van der Waals surface area contributed by atoms with Crippen LogP contribution in [0.15, 0.2) is 24.3 Å². The number of rotatable bonds is 6. The fourth-order valence-corrected chi connectivity index (χ4v) is 3.27. The molecule has 0 aromatic heterocycles. The monoisotopic (exact) mass is 310 g/mol. The van der Waals surface area contributed by atoms with Gasteiger partial charge in [0.15, 0.2) is 0 Å². The summed E-state index contributed by atoms with van der Waals surface area (Å²) in [7, 11) is 0. The van der Waals surface area contributed by atoms with Crippen molar-refractivity contribution < 1.29 is 0 Å². The third kappa shape index (κ3) is 4.07. The third-order valence-corrected chi connectivity index (χ3v) is 4.52. The zero-order valence-corrected chi connectivity index (χ0v) is 15.0. The Hall–Kier alpha value is -1.96. The highest BCUT2D eigenvalue weighted by molar-refractivity contribution is 5.61. The van der Waals surface area contributed by atoms with E-state index in [1.807, 2.05) is 0 Å². The Labute approximate surface area is 140 Å². The highest BCUT2D eigenvalue weighted by Gasteiger charge is 2.11. The molecule has 0 bridgehead atoms. The largest absolute Gasteiger partial charge is 0.398 e. The SMILES string of the molecule is CCCc1cc(C)c(N)c(Cc2cc(CCC)cc(C)c2N)c1. The van der Waals surface area contributed by atoms with Crippen LogP contribution in [0, 0.1) is 13.8 Å². The Bertz CT molecular complexity index is 627. The zero-order chi connectivity index (χ0) is 17.0. The van der Waals surface area contributed by atoms with Gasteiger partial charge in [-0.1, -0.05) is 51.0 Å². The van der Waals surface area contributed by atoms with E-state index in [1.54, 1.807) is 0 Å². The molecule has 2 heteroatoms. The lowest BCUT2D eigenvalue weighted by Crippen LogP contribution is -2.05. The van der Waals surface area contributed by atoms with Gasteiger partial charge in [-0.2, -0.15) is 0 Å². The molecule has 2 aromatic carbocycles. The van der Waals surface area contributed by atoms with E-state index in [2.05, 4.69) is 52.0 Å². The molecule has 0 spiro atoms. The summed E-state index contributed by atoms with van der Waals surface area (Å²) in [6, 6.07) is 8.94. The van der Waals surface area contributed by atoms with Gasteiger partial charge in [0.25, 0.3) is 0 Å². The molecule has 124 valence electrons. The summed E-state index contributed by atoms with van der Waals surface area (Å²) in [6.07, 6.45) is 5.30.